The van der Waals surface area contributed by atoms with E-state index in [1.807, 2.05) is 30.3 Å². The lowest BCUT2D eigenvalue weighted by atomic mass is 9.93. The first-order chi connectivity index (χ1) is 8.89. The minimum Gasteiger partial charge on any atom is -0.166 e. The average molecular weight is 264 g/mol. The fraction of sp³-hybridized carbons (Fsp3) is 0.250. The van der Waals surface area contributed by atoms with Crippen LogP contribution in [0.3, 0.4) is 0 Å². The molecular formula is C16H15F3. The molecule has 0 nitrogen and oxygen atoms in total. The SMILES string of the molecule is CC(C)c1ccc(-c2ccccc2)cc1C(F)(F)F. The fourth-order valence-electron chi connectivity index (χ4n) is 2.12. The van der Waals surface area contributed by atoms with Gasteiger partial charge in [-0.05, 0) is 28.7 Å². The topological polar surface area (TPSA) is 0 Å². The van der Waals surface area contributed by atoms with Crippen molar-refractivity contribution < 1.29 is 13.2 Å². The van der Waals surface area contributed by atoms with Crippen LogP contribution in [0.25, 0.3) is 11.1 Å². The van der Waals surface area contributed by atoms with Crippen molar-refractivity contribution in [3.05, 3.63) is 59.7 Å². The summed E-state index contributed by atoms with van der Waals surface area (Å²) in [5.41, 5.74) is 1.19. The second kappa shape index (κ2) is 5.08. The quantitative estimate of drug-likeness (QED) is 0.672. The second-order valence-corrected chi connectivity index (χ2v) is 4.82. The van der Waals surface area contributed by atoms with Gasteiger partial charge in [-0.1, -0.05) is 56.3 Å². The maximum atomic E-state index is 13.1. The first-order valence-corrected chi connectivity index (χ1v) is 6.16. The van der Waals surface area contributed by atoms with Crippen LogP contribution in [0.5, 0.6) is 0 Å². The number of rotatable bonds is 2. The molecule has 100 valence electrons. The Labute approximate surface area is 110 Å². The molecule has 0 amide bonds. The van der Waals surface area contributed by atoms with Crippen LogP contribution in [0.4, 0.5) is 13.2 Å². The van der Waals surface area contributed by atoms with Gasteiger partial charge in [0, 0.05) is 0 Å². The van der Waals surface area contributed by atoms with Crippen molar-refractivity contribution in [1.82, 2.24) is 0 Å². The molecule has 0 spiro atoms. The highest BCUT2D eigenvalue weighted by Crippen LogP contribution is 2.37. The van der Waals surface area contributed by atoms with Gasteiger partial charge in [0.05, 0.1) is 5.56 Å². The van der Waals surface area contributed by atoms with Crippen LogP contribution in [0.2, 0.25) is 0 Å². The Bertz CT molecular complexity index is 554. The molecular weight excluding hydrogens is 249 g/mol. The Morgan fingerprint density at radius 1 is 0.842 bits per heavy atom. The number of hydrogen-bond donors (Lipinski definition) is 0. The van der Waals surface area contributed by atoms with E-state index in [4.69, 9.17) is 0 Å². The lowest BCUT2D eigenvalue weighted by molar-refractivity contribution is -0.138. The van der Waals surface area contributed by atoms with Gasteiger partial charge in [-0.3, -0.25) is 0 Å². The molecule has 0 heterocycles. The van der Waals surface area contributed by atoms with Crippen molar-refractivity contribution in [2.75, 3.05) is 0 Å². The van der Waals surface area contributed by atoms with Gasteiger partial charge in [0.15, 0.2) is 0 Å². The van der Waals surface area contributed by atoms with Crippen LogP contribution < -0.4 is 0 Å². The third kappa shape index (κ3) is 2.98. The van der Waals surface area contributed by atoms with Gasteiger partial charge in [0.2, 0.25) is 0 Å². The molecule has 0 saturated heterocycles. The molecule has 0 unspecified atom stereocenters. The number of halogens is 3. The average Bonchev–Trinajstić information content (AvgIpc) is 2.38. The van der Waals surface area contributed by atoms with E-state index in [0.717, 1.165) is 5.56 Å². The zero-order valence-corrected chi connectivity index (χ0v) is 10.8. The lowest BCUT2D eigenvalue weighted by Crippen LogP contribution is -2.10. The highest BCUT2D eigenvalue weighted by Gasteiger charge is 2.34. The number of alkyl halides is 3. The predicted molar refractivity (Wildman–Crippen MR) is 71.0 cm³/mol. The highest BCUT2D eigenvalue weighted by atomic mass is 19.4. The molecule has 0 aliphatic carbocycles. The molecule has 0 bridgehead atoms. The second-order valence-electron chi connectivity index (χ2n) is 4.82. The van der Waals surface area contributed by atoms with Crippen LogP contribution in [-0.2, 0) is 6.18 Å². The standard InChI is InChI=1S/C16H15F3/c1-11(2)14-9-8-13(10-15(14)16(17,18)19)12-6-4-3-5-7-12/h3-11H,1-2H3. The van der Waals surface area contributed by atoms with E-state index in [9.17, 15) is 13.2 Å². The maximum Gasteiger partial charge on any atom is 0.416 e. The third-order valence-electron chi connectivity index (χ3n) is 3.09. The lowest BCUT2D eigenvalue weighted by Gasteiger charge is -2.17. The Morgan fingerprint density at radius 2 is 1.47 bits per heavy atom. The van der Waals surface area contributed by atoms with Gasteiger partial charge in [-0.15, -0.1) is 0 Å². The number of hydrogen-bond acceptors (Lipinski definition) is 0. The molecule has 0 aromatic heterocycles. The third-order valence-corrected chi connectivity index (χ3v) is 3.09. The molecule has 0 aliphatic rings. The van der Waals surface area contributed by atoms with Crippen molar-refractivity contribution in [3.63, 3.8) is 0 Å². The normalized spacial score (nSPS) is 11.9. The van der Waals surface area contributed by atoms with Crippen LogP contribution >= 0.6 is 0 Å². The Morgan fingerprint density at radius 3 is 2.00 bits per heavy atom. The van der Waals surface area contributed by atoms with E-state index in [0.29, 0.717) is 11.1 Å². The summed E-state index contributed by atoms with van der Waals surface area (Å²) in [7, 11) is 0. The highest BCUT2D eigenvalue weighted by molar-refractivity contribution is 5.65. The number of benzene rings is 2. The van der Waals surface area contributed by atoms with E-state index in [1.165, 1.54) is 6.07 Å². The van der Waals surface area contributed by atoms with Crippen molar-refractivity contribution in [3.8, 4) is 11.1 Å². The Balaban J connectivity index is 2.57. The van der Waals surface area contributed by atoms with Gasteiger partial charge in [0.1, 0.15) is 0 Å². The Kier molecular flexibility index (Phi) is 3.65. The maximum absolute atomic E-state index is 13.1. The molecule has 3 heteroatoms. The van der Waals surface area contributed by atoms with Crippen molar-refractivity contribution in [2.45, 2.75) is 25.9 Å². The van der Waals surface area contributed by atoms with Crippen LogP contribution in [0.1, 0.15) is 30.9 Å². The molecule has 2 aromatic rings. The first kappa shape index (κ1) is 13.7. The summed E-state index contributed by atoms with van der Waals surface area (Å²) in [6, 6.07) is 13.7. The summed E-state index contributed by atoms with van der Waals surface area (Å²) >= 11 is 0. The fourth-order valence-corrected chi connectivity index (χ4v) is 2.12. The summed E-state index contributed by atoms with van der Waals surface area (Å²) in [6.45, 7) is 3.54. The summed E-state index contributed by atoms with van der Waals surface area (Å²) in [5, 5.41) is 0. The van der Waals surface area contributed by atoms with E-state index in [1.54, 1.807) is 26.0 Å². The van der Waals surface area contributed by atoms with Crippen molar-refractivity contribution >= 4 is 0 Å². The van der Waals surface area contributed by atoms with Gasteiger partial charge in [-0.25, -0.2) is 0 Å². The van der Waals surface area contributed by atoms with Crippen molar-refractivity contribution in [1.29, 1.82) is 0 Å². The molecule has 2 rings (SSSR count). The minimum absolute atomic E-state index is 0.151. The van der Waals surface area contributed by atoms with E-state index >= 15 is 0 Å². The largest absolute Gasteiger partial charge is 0.416 e. The summed E-state index contributed by atoms with van der Waals surface area (Å²) in [6.07, 6.45) is -4.32. The molecule has 0 saturated carbocycles. The van der Waals surface area contributed by atoms with Gasteiger partial charge in [0.25, 0.3) is 0 Å². The van der Waals surface area contributed by atoms with Gasteiger partial charge >= 0.3 is 6.18 Å². The summed E-state index contributed by atoms with van der Waals surface area (Å²) < 4.78 is 39.3. The van der Waals surface area contributed by atoms with Crippen LogP contribution in [-0.4, -0.2) is 0 Å². The minimum atomic E-state index is -4.32. The van der Waals surface area contributed by atoms with E-state index in [-0.39, 0.29) is 5.92 Å². The smallest absolute Gasteiger partial charge is 0.166 e. The Hall–Kier alpha value is -1.77. The molecule has 0 aliphatic heterocycles. The zero-order valence-electron chi connectivity index (χ0n) is 10.8. The molecule has 0 radical (unpaired) electrons. The molecule has 0 atom stereocenters. The summed E-state index contributed by atoms with van der Waals surface area (Å²) in [4.78, 5) is 0. The predicted octanol–water partition coefficient (Wildman–Crippen LogP) is 5.50. The van der Waals surface area contributed by atoms with Crippen LogP contribution in [0.15, 0.2) is 48.5 Å². The molecule has 0 N–H and O–H groups in total. The zero-order chi connectivity index (χ0) is 14.0. The van der Waals surface area contributed by atoms with E-state index < -0.39 is 11.7 Å². The molecule has 0 fully saturated rings. The molecule has 19 heavy (non-hydrogen) atoms. The van der Waals surface area contributed by atoms with E-state index in [2.05, 4.69) is 0 Å². The van der Waals surface area contributed by atoms with Crippen LogP contribution in [0, 0.1) is 0 Å². The molecule has 2 aromatic carbocycles. The van der Waals surface area contributed by atoms with Crippen molar-refractivity contribution in [2.24, 2.45) is 0 Å². The summed E-state index contributed by atoms with van der Waals surface area (Å²) in [5.74, 6) is -0.151. The van der Waals surface area contributed by atoms with Gasteiger partial charge < -0.3 is 0 Å². The monoisotopic (exact) mass is 264 g/mol. The van der Waals surface area contributed by atoms with Gasteiger partial charge in [-0.2, -0.15) is 13.2 Å². The first-order valence-electron chi connectivity index (χ1n) is 6.16.